The molecule has 0 saturated heterocycles. The van der Waals surface area contributed by atoms with Crippen LogP contribution < -0.4 is 5.32 Å². The fourth-order valence-electron chi connectivity index (χ4n) is 2.29. The first-order valence-electron chi connectivity index (χ1n) is 7.07. The number of nitriles is 1. The average molecular weight is 345 g/mol. The van der Waals surface area contributed by atoms with Gasteiger partial charge in [-0.1, -0.05) is 6.07 Å². The van der Waals surface area contributed by atoms with Crippen molar-refractivity contribution in [1.82, 2.24) is 14.5 Å². The molecule has 2 heterocycles. The van der Waals surface area contributed by atoms with Crippen molar-refractivity contribution in [2.75, 3.05) is 5.32 Å². The Morgan fingerprint density at radius 1 is 1.28 bits per heavy atom. The van der Waals surface area contributed by atoms with Crippen LogP contribution in [0.3, 0.4) is 0 Å². The Balaban J connectivity index is 2.06. The molecule has 0 spiro atoms. The van der Waals surface area contributed by atoms with Crippen LogP contribution in [0, 0.1) is 11.3 Å². The molecule has 0 aliphatic carbocycles. The van der Waals surface area contributed by atoms with Gasteiger partial charge in [0.1, 0.15) is 12.2 Å². The number of imidazole rings is 1. The number of alkyl halides is 3. The normalized spacial score (nSPS) is 11.3. The number of aromatic nitrogens is 3. The van der Waals surface area contributed by atoms with E-state index in [1.807, 2.05) is 6.07 Å². The number of halogens is 3. The van der Waals surface area contributed by atoms with Crippen molar-refractivity contribution < 1.29 is 18.0 Å². The molecule has 0 atom stereocenters. The second-order valence-corrected chi connectivity index (χ2v) is 5.12. The lowest BCUT2D eigenvalue weighted by Crippen LogP contribution is -2.22. The largest absolute Gasteiger partial charge is 0.406 e. The lowest BCUT2D eigenvalue weighted by atomic mass is 10.2. The summed E-state index contributed by atoms with van der Waals surface area (Å²) in [7, 11) is 0. The number of pyridine rings is 1. The van der Waals surface area contributed by atoms with Gasteiger partial charge >= 0.3 is 6.18 Å². The number of amides is 1. The molecule has 3 aromatic rings. The quantitative estimate of drug-likeness (QED) is 0.790. The highest BCUT2D eigenvalue weighted by Crippen LogP contribution is 2.26. The third-order valence-corrected chi connectivity index (χ3v) is 3.34. The van der Waals surface area contributed by atoms with Crippen molar-refractivity contribution in [1.29, 1.82) is 5.26 Å². The first kappa shape index (κ1) is 16.4. The standard InChI is InChI=1S/C16H10F3N5O/c17-16(18,19)9-24-13-7-10(8-20)4-5-11(13)22-15(24)23-14(25)12-3-1-2-6-21-12/h1-7H,9H2,(H,22,23,25). The van der Waals surface area contributed by atoms with Crippen LogP contribution in [0.2, 0.25) is 0 Å². The number of nitrogens with zero attached hydrogens (tertiary/aromatic N) is 4. The van der Waals surface area contributed by atoms with Crippen LogP contribution in [0.15, 0.2) is 42.6 Å². The van der Waals surface area contributed by atoms with E-state index in [4.69, 9.17) is 5.26 Å². The molecule has 0 aliphatic rings. The second kappa shape index (κ2) is 6.24. The third-order valence-electron chi connectivity index (χ3n) is 3.34. The predicted octanol–water partition coefficient (Wildman–Crippen LogP) is 3.12. The Labute approximate surface area is 139 Å². The van der Waals surface area contributed by atoms with Crippen molar-refractivity contribution in [2.45, 2.75) is 12.7 Å². The highest BCUT2D eigenvalue weighted by molar-refractivity contribution is 6.02. The number of rotatable bonds is 3. The highest BCUT2D eigenvalue weighted by Gasteiger charge is 2.31. The topological polar surface area (TPSA) is 83.6 Å². The number of carbonyl (C=O) groups is 1. The number of nitrogens with one attached hydrogen (secondary N) is 1. The van der Waals surface area contributed by atoms with E-state index in [9.17, 15) is 18.0 Å². The molecule has 0 unspecified atom stereocenters. The molecule has 1 aromatic carbocycles. The van der Waals surface area contributed by atoms with Crippen LogP contribution >= 0.6 is 0 Å². The maximum absolute atomic E-state index is 12.9. The summed E-state index contributed by atoms with van der Waals surface area (Å²) in [5.74, 6) is -0.946. The molecular weight excluding hydrogens is 335 g/mol. The van der Waals surface area contributed by atoms with Gasteiger partial charge in [0.2, 0.25) is 5.95 Å². The van der Waals surface area contributed by atoms with Crippen LogP contribution in [0.1, 0.15) is 16.1 Å². The van der Waals surface area contributed by atoms with Crippen molar-refractivity contribution in [3.63, 3.8) is 0 Å². The molecule has 0 saturated carbocycles. The second-order valence-electron chi connectivity index (χ2n) is 5.12. The molecular formula is C16H10F3N5O. The molecule has 126 valence electrons. The third kappa shape index (κ3) is 3.58. The molecule has 0 radical (unpaired) electrons. The van der Waals surface area contributed by atoms with E-state index in [2.05, 4.69) is 15.3 Å². The maximum Gasteiger partial charge on any atom is 0.406 e. The smallest absolute Gasteiger partial charge is 0.301 e. The number of hydrogen-bond acceptors (Lipinski definition) is 4. The molecule has 0 fully saturated rings. The number of fused-ring (bicyclic) bond motifs is 1. The molecule has 25 heavy (non-hydrogen) atoms. The summed E-state index contributed by atoms with van der Waals surface area (Å²) in [4.78, 5) is 20.0. The molecule has 9 heteroatoms. The average Bonchev–Trinajstić information content (AvgIpc) is 2.90. The molecule has 0 aliphatic heterocycles. The van der Waals surface area contributed by atoms with Gasteiger partial charge in [-0.05, 0) is 30.3 Å². The van der Waals surface area contributed by atoms with Gasteiger partial charge in [-0.2, -0.15) is 18.4 Å². The van der Waals surface area contributed by atoms with E-state index >= 15 is 0 Å². The minimum Gasteiger partial charge on any atom is -0.301 e. The van der Waals surface area contributed by atoms with Gasteiger partial charge in [0.05, 0.1) is 22.7 Å². The predicted molar refractivity (Wildman–Crippen MR) is 82.7 cm³/mol. The van der Waals surface area contributed by atoms with Crippen LogP contribution in [0.4, 0.5) is 19.1 Å². The number of hydrogen-bond donors (Lipinski definition) is 1. The van der Waals surface area contributed by atoms with Gasteiger partial charge in [-0.3, -0.25) is 15.1 Å². The zero-order chi connectivity index (χ0) is 18.0. The molecule has 0 bridgehead atoms. The van der Waals surface area contributed by atoms with Gasteiger partial charge in [-0.15, -0.1) is 0 Å². The Hall–Kier alpha value is -3.41. The van der Waals surface area contributed by atoms with E-state index in [0.29, 0.717) is 0 Å². The molecule has 1 amide bonds. The summed E-state index contributed by atoms with van der Waals surface area (Å²) in [6.45, 7) is -1.35. The lowest BCUT2D eigenvalue weighted by Gasteiger charge is -2.12. The summed E-state index contributed by atoms with van der Waals surface area (Å²) in [6.07, 6.45) is -3.13. The van der Waals surface area contributed by atoms with Gasteiger partial charge in [0.15, 0.2) is 0 Å². The van der Waals surface area contributed by atoms with E-state index in [0.717, 1.165) is 4.57 Å². The first-order valence-corrected chi connectivity index (χ1v) is 7.07. The number of anilines is 1. The fraction of sp³-hybridized carbons (Fsp3) is 0.125. The molecule has 1 N–H and O–H groups in total. The van der Waals surface area contributed by atoms with Crippen LogP contribution in [0.5, 0.6) is 0 Å². The van der Waals surface area contributed by atoms with E-state index in [1.54, 1.807) is 12.1 Å². The van der Waals surface area contributed by atoms with E-state index < -0.39 is 18.6 Å². The SMILES string of the molecule is N#Cc1ccc2nc(NC(=O)c3ccccn3)n(CC(F)(F)F)c2c1. The Morgan fingerprint density at radius 3 is 2.72 bits per heavy atom. The minimum atomic E-state index is -4.53. The Bertz CT molecular complexity index is 973. The van der Waals surface area contributed by atoms with E-state index in [-0.39, 0.29) is 28.2 Å². The van der Waals surface area contributed by atoms with Gasteiger partial charge in [0.25, 0.3) is 5.91 Å². The van der Waals surface area contributed by atoms with Crippen LogP contribution in [0.25, 0.3) is 11.0 Å². The van der Waals surface area contributed by atoms with Crippen LogP contribution in [-0.4, -0.2) is 26.6 Å². The van der Waals surface area contributed by atoms with E-state index in [1.165, 1.54) is 30.5 Å². The van der Waals surface area contributed by atoms with Crippen molar-refractivity contribution >= 4 is 22.9 Å². The Morgan fingerprint density at radius 2 is 2.08 bits per heavy atom. The zero-order valence-corrected chi connectivity index (χ0v) is 12.6. The highest BCUT2D eigenvalue weighted by atomic mass is 19.4. The lowest BCUT2D eigenvalue weighted by molar-refractivity contribution is -0.139. The van der Waals surface area contributed by atoms with Crippen molar-refractivity contribution in [2.24, 2.45) is 0 Å². The molecule has 2 aromatic heterocycles. The van der Waals surface area contributed by atoms with Crippen molar-refractivity contribution in [3.05, 3.63) is 53.9 Å². The Kier molecular flexibility index (Phi) is 4.10. The van der Waals surface area contributed by atoms with Gasteiger partial charge in [-0.25, -0.2) is 4.98 Å². The van der Waals surface area contributed by atoms with Gasteiger partial charge < -0.3 is 4.57 Å². The van der Waals surface area contributed by atoms with Gasteiger partial charge in [0, 0.05) is 6.20 Å². The zero-order valence-electron chi connectivity index (χ0n) is 12.6. The van der Waals surface area contributed by atoms with Crippen molar-refractivity contribution in [3.8, 4) is 6.07 Å². The maximum atomic E-state index is 12.9. The molecule has 6 nitrogen and oxygen atoms in total. The first-order chi connectivity index (χ1) is 11.9. The summed E-state index contributed by atoms with van der Waals surface area (Å²) in [5.41, 5.74) is 0.580. The molecule has 3 rings (SSSR count). The number of carbonyl (C=O) groups excluding carboxylic acids is 1. The summed E-state index contributed by atoms with van der Waals surface area (Å²) in [5, 5.41) is 11.3. The van der Waals surface area contributed by atoms with Crippen LogP contribution in [-0.2, 0) is 6.54 Å². The monoisotopic (exact) mass is 345 g/mol. The minimum absolute atomic E-state index is 0.0471. The summed E-state index contributed by atoms with van der Waals surface area (Å²) >= 11 is 0. The fourth-order valence-corrected chi connectivity index (χ4v) is 2.29. The summed E-state index contributed by atoms with van der Waals surface area (Å²) < 4.78 is 39.6. The number of benzene rings is 1. The summed E-state index contributed by atoms with van der Waals surface area (Å²) in [6, 6.07) is 10.7.